The smallest absolute Gasteiger partial charge is 0.108 e. The quantitative estimate of drug-likeness (QED) is 0.877. The number of aliphatic hydroxyl groups excluding tert-OH is 1. The summed E-state index contributed by atoms with van der Waals surface area (Å²) in [5.74, 6) is 0.793. The molecule has 1 unspecified atom stereocenters. The Morgan fingerprint density at radius 1 is 1.05 bits per heavy atom. The Labute approximate surface area is 121 Å². The molecular formula is C18H24O2. The van der Waals surface area contributed by atoms with Gasteiger partial charge in [0.2, 0.25) is 0 Å². The van der Waals surface area contributed by atoms with Crippen LogP contribution in [0, 0.1) is 6.92 Å². The normalized spacial score (nSPS) is 12.7. The van der Waals surface area contributed by atoms with E-state index in [0.717, 1.165) is 36.1 Å². The maximum absolute atomic E-state index is 10.8. The van der Waals surface area contributed by atoms with Crippen molar-refractivity contribution >= 4 is 0 Å². The van der Waals surface area contributed by atoms with Crippen molar-refractivity contribution in [1.29, 1.82) is 0 Å². The molecule has 2 heteroatoms. The van der Waals surface area contributed by atoms with Crippen molar-refractivity contribution in [2.24, 2.45) is 0 Å². The molecule has 1 atom stereocenters. The highest BCUT2D eigenvalue weighted by Gasteiger charge is 2.21. The van der Waals surface area contributed by atoms with Crippen LogP contribution in [0.2, 0.25) is 0 Å². The van der Waals surface area contributed by atoms with Gasteiger partial charge in [0, 0.05) is 5.56 Å². The lowest BCUT2D eigenvalue weighted by atomic mass is 9.88. The van der Waals surface area contributed by atoms with Crippen LogP contribution in [0.3, 0.4) is 0 Å². The van der Waals surface area contributed by atoms with E-state index in [-0.39, 0.29) is 0 Å². The van der Waals surface area contributed by atoms with E-state index in [2.05, 4.69) is 32.9 Å². The molecule has 2 aromatic rings. The van der Waals surface area contributed by atoms with Gasteiger partial charge in [0.1, 0.15) is 11.9 Å². The van der Waals surface area contributed by atoms with Gasteiger partial charge < -0.3 is 9.52 Å². The zero-order chi connectivity index (χ0) is 14.7. The SMILES string of the molecule is CCc1cc(CC)c(C(O)c2ccoc2C)c(CC)c1. The molecule has 0 fully saturated rings. The number of aliphatic hydroxyl groups is 1. The molecule has 20 heavy (non-hydrogen) atoms. The van der Waals surface area contributed by atoms with E-state index < -0.39 is 6.10 Å². The Balaban J connectivity index is 2.57. The van der Waals surface area contributed by atoms with Gasteiger partial charge in [-0.1, -0.05) is 32.9 Å². The molecule has 2 nitrogen and oxygen atoms in total. The second-order valence-electron chi connectivity index (χ2n) is 5.22. The highest BCUT2D eigenvalue weighted by molar-refractivity contribution is 5.45. The van der Waals surface area contributed by atoms with Gasteiger partial charge in [-0.3, -0.25) is 0 Å². The topological polar surface area (TPSA) is 33.4 Å². The fourth-order valence-corrected chi connectivity index (χ4v) is 2.83. The number of rotatable bonds is 5. The van der Waals surface area contributed by atoms with E-state index >= 15 is 0 Å². The van der Waals surface area contributed by atoms with E-state index in [1.165, 1.54) is 16.7 Å². The largest absolute Gasteiger partial charge is 0.469 e. The number of aryl methyl sites for hydroxylation is 4. The number of hydrogen-bond acceptors (Lipinski definition) is 2. The van der Waals surface area contributed by atoms with Crippen molar-refractivity contribution in [3.05, 3.63) is 58.0 Å². The summed E-state index contributed by atoms with van der Waals surface area (Å²) in [5, 5.41) is 10.8. The first-order valence-electron chi connectivity index (χ1n) is 7.48. The maximum atomic E-state index is 10.8. The standard InChI is InChI=1S/C18H24O2/c1-5-13-10-14(6-2)17(15(7-3)11-13)18(19)16-8-9-20-12(16)4/h8-11,18-19H,5-7H2,1-4H3. The molecule has 1 aromatic heterocycles. The minimum atomic E-state index is -0.593. The summed E-state index contributed by atoms with van der Waals surface area (Å²) in [6.45, 7) is 8.36. The zero-order valence-corrected chi connectivity index (χ0v) is 12.9. The Bertz CT molecular complexity index is 556. The van der Waals surface area contributed by atoms with Gasteiger partial charge in [-0.2, -0.15) is 0 Å². The first kappa shape index (κ1) is 14.9. The molecule has 0 aliphatic carbocycles. The lowest BCUT2D eigenvalue weighted by Crippen LogP contribution is -2.09. The molecule has 0 aliphatic heterocycles. The average molecular weight is 272 g/mol. The van der Waals surface area contributed by atoms with E-state index in [9.17, 15) is 5.11 Å². The van der Waals surface area contributed by atoms with E-state index in [1.807, 2.05) is 13.0 Å². The van der Waals surface area contributed by atoms with Crippen LogP contribution in [0.15, 0.2) is 28.9 Å². The highest BCUT2D eigenvalue weighted by Crippen LogP contribution is 2.32. The zero-order valence-electron chi connectivity index (χ0n) is 12.9. The predicted octanol–water partition coefficient (Wildman–Crippen LogP) is 4.36. The molecule has 0 radical (unpaired) electrons. The van der Waals surface area contributed by atoms with E-state index in [1.54, 1.807) is 6.26 Å². The second kappa shape index (κ2) is 6.27. The van der Waals surface area contributed by atoms with Crippen molar-refractivity contribution in [2.75, 3.05) is 0 Å². The van der Waals surface area contributed by atoms with Crippen molar-refractivity contribution in [2.45, 2.75) is 53.1 Å². The van der Waals surface area contributed by atoms with Crippen LogP contribution in [0.4, 0.5) is 0 Å². The van der Waals surface area contributed by atoms with E-state index in [0.29, 0.717) is 0 Å². The van der Waals surface area contributed by atoms with Crippen LogP contribution in [0.1, 0.15) is 60.5 Å². The van der Waals surface area contributed by atoms with Gasteiger partial charge >= 0.3 is 0 Å². The molecule has 1 heterocycles. The Kier molecular flexibility index (Phi) is 4.66. The van der Waals surface area contributed by atoms with Gasteiger partial charge in [0.05, 0.1) is 6.26 Å². The number of hydrogen-bond donors (Lipinski definition) is 1. The third-order valence-electron chi connectivity index (χ3n) is 4.05. The number of benzene rings is 1. The third-order valence-corrected chi connectivity index (χ3v) is 4.05. The van der Waals surface area contributed by atoms with Gasteiger partial charge in [-0.25, -0.2) is 0 Å². The van der Waals surface area contributed by atoms with Crippen LogP contribution in [0.25, 0.3) is 0 Å². The van der Waals surface area contributed by atoms with Gasteiger partial charge in [0.25, 0.3) is 0 Å². The van der Waals surface area contributed by atoms with Gasteiger partial charge in [-0.05, 0) is 54.5 Å². The lowest BCUT2D eigenvalue weighted by Gasteiger charge is -2.20. The third kappa shape index (κ3) is 2.66. The Hall–Kier alpha value is -1.54. The fraction of sp³-hybridized carbons (Fsp3) is 0.444. The molecule has 108 valence electrons. The maximum Gasteiger partial charge on any atom is 0.108 e. The van der Waals surface area contributed by atoms with E-state index in [4.69, 9.17) is 4.42 Å². The molecule has 2 rings (SSSR count). The predicted molar refractivity (Wildman–Crippen MR) is 82.1 cm³/mol. The Morgan fingerprint density at radius 3 is 2.05 bits per heavy atom. The van der Waals surface area contributed by atoms with Crippen molar-refractivity contribution < 1.29 is 9.52 Å². The molecule has 0 bridgehead atoms. The summed E-state index contributed by atoms with van der Waals surface area (Å²) < 4.78 is 5.34. The molecule has 1 N–H and O–H groups in total. The average Bonchev–Trinajstić information content (AvgIpc) is 2.91. The van der Waals surface area contributed by atoms with Crippen molar-refractivity contribution in [3.8, 4) is 0 Å². The minimum absolute atomic E-state index is 0.593. The number of furan rings is 1. The molecule has 1 aromatic carbocycles. The summed E-state index contributed by atoms with van der Waals surface area (Å²) in [6, 6.07) is 6.33. The monoisotopic (exact) mass is 272 g/mol. The van der Waals surface area contributed by atoms with Crippen LogP contribution in [-0.4, -0.2) is 5.11 Å². The fourth-order valence-electron chi connectivity index (χ4n) is 2.83. The van der Waals surface area contributed by atoms with Gasteiger partial charge in [0.15, 0.2) is 0 Å². The summed E-state index contributed by atoms with van der Waals surface area (Å²) in [4.78, 5) is 0. The summed E-state index contributed by atoms with van der Waals surface area (Å²) >= 11 is 0. The highest BCUT2D eigenvalue weighted by atomic mass is 16.3. The van der Waals surface area contributed by atoms with Crippen LogP contribution >= 0.6 is 0 Å². The molecule has 0 saturated carbocycles. The molecule has 0 amide bonds. The van der Waals surface area contributed by atoms with Crippen LogP contribution in [-0.2, 0) is 19.3 Å². The summed E-state index contributed by atoms with van der Waals surface area (Å²) in [5.41, 5.74) is 5.78. The van der Waals surface area contributed by atoms with Crippen LogP contribution < -0.4 is 0 Å². The first-order chi connectivity index (χ1) is 9.62. The minimum Gasteiger partial charge on any atom is -0.469 e. The van der Waals surface area contributed by atoms with Gasteiger partial charge in [-0.15, -0.1) is 0 Å². The Morgan fingerprint density at radius 2 is 1.65 bits per heavy atom. The first-order valence-corrected chi connectivity index (χ1v) is 7.48. The van der Waals surface area contributed by atoms with Crippen LogP contribution in [0.5, 0.6) is 0 Å². The molecular weight excluding hydrogens is 248 g/mol. The summed E-state index contributed by atoms with van der Waals surface area (Å²) in [7, 11) is 0. The lowest BCUT2D eigenvalue weighted by molar-refractivity contribution is 0.215. The molecule has 0 saturated heterocycles. The summed E-state index contributed by atoms with van der Waals surface area (Å²) in [6.07, 6.45) is 3.95. The molecule has 0 spiro atoms. The van der Waals surface area contributed by atoms with Crippen molar-refractivity contribution in [3.63, 3.8) is 0 Å². The second-order valence-corrected chi connectivity index (χ2v) is 5.22. The van der Waals surface area contributed by atoms with Crippen molar-refractivity contribution in [1.82, 2.24) is 0 Å². The molecule has 0 aliphatic rings.